The zero-order valence-corrected chi connectivity index (χ0v) is 25.7. The van der Waals surface area contributed by atoms with Crippen molar-refractivity contribution < 1.29 is 24.3 Å². The lowest BCUT2D eigenvalue weighted by Gasteiger charge is -2.25. The molecule has 1 aromatic heterocycles. The largest absolute Gasteiger partial charge is 0.480 e. The maximum absolute atomic E-state index is 13.7. The minimum Gasteiger partial charge on any atom is -0.480 e. The Bertz CT molecular complexity index is 1470. The Morgan fingerprint density at radius 1 is 0.844 bits per heavy atom. The third kappa shape index (κ3) is 10.9. The Hall–Kier alpha value is -4.91. The van der Waals surface area contributed by atoms with E-state index < -0.39 is 47.9 Å². The van der Waals surface area contributed by atoms with Crippen LogP contribution in [-0.2, 0) is 32.0 Å². The van der Waals surface area contributed by atoms with E-state index in [1.165, 1.54) is 0 Å². The number of aromatic nitrogens is 1. The van der Waals surface area contributed by atoms with Crippen LogP contribution in [0.1, 0.15) is 44.2 Å². The Morgan fingerprint density at radius 2 is 1.47 bits per heavy atom. The Morgan fingerprint density at radius 3 is 2.13 bits per heavy atom. The SMILES string of the molecule is CC(C)CC(N)C(=O)NC(CCCN=C(N)N)C(=O)NC(Cc1c[nH]c2ccccc12)C(=O)NC(Cc1ccccc1)C(=O)O. The number of hydrogen-bond acceptors (Lipinski definition) is 6. The first-order valence-electron chi connectivity index (χ1n) is 15.0. The fourth-order valence-corrected chi connectivity index (χ4v) is 4.99. The van der Waals surface area contributed by atoms with Crippen LogP contribution in [0.5, 0.6) is 0 Å². The van der Waals surface area contributed by atoms with Crippen LogP contribution in [0.15, 0.2) is 65.8 Å². The van der Waals surface area contributed by atoms with Crippen molar-refractivity contribution in [2.75, 3.05) is 6.54 Å². The minimum atomic E-state index is -1.24. The van der Waals surface area contributed by atoms with Crippen molar-refractivity contribution in [2.45, 2.75) is 70.1 Å². The van der Waals surface area contributed by atoms with Gasteiger partial charge in [0.15, 0.2) is 5.96 Å². The summed E-state index contributed by atoms with van der Waals surface area (Å²) in [6, 6.07) is 12.1. The van der Waals surface area contributed by atoms with Crippen LogP contribution in [0.2, 0.25) is 0 Å². The van der Waals surface area contributed by atoms with Crippen LogP contribution in [0.25, 0.3) is 10.9 Å². The molecule has 3 amide bonds. The standard InChI is InChI=1S/C32H44N8O5/c1-19(2)15-23(33)28(41)38-25(13-8-14-36-32(34)35)29(42)39-26(17-21-18-37-24-12-7-6-11-22(21)24)30(43)40-27(31(44)45)16-20-9-4-3-5-10-20/h3-7,9-12,18-19,23,25-27,37H,8,13-17,33H2,1-2H3,(H,38,41)(H,39,42)(H,40,43)(H,44,45)(H4,34,35,36). The van der Waals surface area contributed by atoms with Crippen molar-refractivity contribution in [2.24, 2.45) is 28.1 Å². The molecular weight excluding hydrogens is 576 g/mol. The normalized spacial score (nSPS) is 13.8. The molecule has 0 bridgehead atoms. The van der Waals surface area contributed by atoms with Crippen molar-refractivity contribution in [1.29, 1.82) is 0 Å². The molecule has 13 heteroatoms. The molecule has 0 radical (unpaired) electrons. The smallest absolute Gasteiger partial charge is 0.326 e. The number of nitrogens with one attached hydrogen (secondary N) is 4. The van der Waals surface area contributed by atoms with Gasteiger partial charge in [-0.2, -0.15) is 0 Å². The van der Waals surface area contributed by atoms with E-state index >= 15 is 0 Å². The molecule has 2 aromatic carbocycles. The summed E-state index contributed by atoms with van der Waals surface area (Å²) in [6.45, 7) is 4.09. The number of nitrogens with zero attached hydrogens (tertiary/aromatic N) is 1. The predicted molar refractivity (Wildman–Crippen MR) is 173 cm³/mol. The lowest BCUT2D eigenvalue weighted by Crippen LogP contribution is -2.58. The van der Waals surface area contributed by atoms with E-state index in [2.05, 4.69) is 25.9 Å². The summed E-state index contributed by atoms with van der Waals surface area (Å²) in [5.41, 5.74) is 19.2. The van der Waals surface area contributed by atoms with Gasteiger partial charge in [0, 0.05) is 36.5 Å². The lowest BCUT2D eigenvalue weighted by molar-refractivity contribution is -0.142. The van der Waals surface area contributed by atoms with Crippen molar-refractivity contribution in [1.82, 2.24) is 20.9 Å². The second kappa shape index (κ2) is 16.8. The Kier molecular flexibility index (Phi) is 12.9. The van der Waals surface area contributed by atoms with Crippen molar-refractivity contribution in [3.63, 3.8) is 0 Å². The number of aromatic amines is 1. The Labute approximate surface area is 262 Å². The summed E-state index contributed by atoms with van der Waals surface area (Å²) in [5, 5.41) is 18.8. The number of guanidine groups is 1. The number of fused-ring (bicyclic) bond motifs is 1. The van der Waals surface area contributed by atoms with Crippen molar-refractivity contribution in [3.05, 3.63) is 71.9 Å². The molecule has 13 nitrogen and oxygen atoms in total. The molecule has 3 rings (SSSR count). The van der Waals surface area contributed by atoms with Crippen LogP contribution < -0.4 is 33.2 Å². The number of para-hydroxylation sites is 1. The van der Waals surface area contributed by atoms with Crippen molar-refractivity contribution in [3.8, 4) is 0 Å². The van der Waals surface area contributed by atoms with E-state index in [0.717, 1.165) is 22.0 Å². The zero-order valence-electron chi connectivity index (χ0n) is 25.7. The summed E-state index contributed by atoms with van der Waals surface area (Å²) in [7, 11) is 0. The van der Waals surface area contributed by atoms with E-state index in [-0.39, 0.29) is 37.7 Å². The summed E-state index contributed by atoms with van der Waals surface area (Å²) < 4.78 is 0. The quantitative estimate of drug-likeness (QED) is 0.0613. The van der Waals surface area contributed by atoms with Gasteiger partial charge in [-0.05, 0) is 42.4 Å². The molecule has 11 N–H and O–H groups in total. The minimum absolute atomic E-state index is 0.0485. The first kappa shape index (κ1) is 34.6. The number of carboxylic acid groups (broad SMARTS) is 1. The first-order valence-corrected chi connectivity index (χ1v) is 15.0. The highest BCUT2D eigenvalue weighted by atomic mass is 16.4. The molecule has 0 aliphatic rings. The number of aliphatic imine (C=N–C) groups is 1. The summed E-state index contributed by atoms with van der Waals surface area (Å²) in [6.07, 6.45) is 2.78. The van der Waals surface area contributed by atoms with Gasteiger partial charge in [0.25, 0.3) is 0 Å². The molecule has 242 valence electrons. The maximum atomic E-state index is 13.7. The van der Waals surface area contributed by atoms with Gasteiger partial charge in [-0.25, -0.2) is 4.79 Å². The van der Waals surface area contributed by atoms with Gasteiger partial charge in [0.1, 0.15) is 18.1 Å². The van der Waals surface area contributed by atoms with E-state index in [0.29, 0.717) is 12.8 Å². The number of H-pyrrole nitrogens is 1. The molecule has 0 spiro atoms. The number of carboxylic acids is 1. The fourth-order valence-electron chi connectivity index (χ4n) is 4.99. The third-order valence-electron chi connectivity index (χ3n) is 7.27. The monoisotopic (exact) mass is 620 g/mol. The van der Waals surface area contributed by atoms with Gasteiger partial charge in [-0.3, -0.25) is 19.4 Å². The molecule has 4 atom stereocenters. The van der Waals surface area contributed by atoms with E-state index in [4.69, 9.17) is 17.2 Å². The number of nitrogens with two attached hydrogens (primary N) is 3. The highest BCUT2D eigenvalue weighted by Gasteiger charge is 2.31. The summed E-state index contributed by atoms with van der Waals surface area (Å²) in [5.74, 6) is -2.97. The molecule has 0 saturated carbocycles. The molecule has 0 aliphatic heterocycles. The maximum Gasteiger partial charge on any atom is 0.326 e. The zero-order chi connectivity index (χ0) is 32.9. The molecule has 1 heterocycles. The van der Waals surface area contributed by atoms with Crippen molar-refractivity contribution >= 4 is 40.6 Å². The molecule has 0 saturated heterocycles. The van der Waals surface area contributed by atoms with Crippen LogP contribution >= 0.6 is 0 Å². The second-order valence-electron chi connectivity index (χ2n) is 11.5. The number of aliphatic carboxylic acids is 1. The number of rotatable bonds is 17. The van der Waals surface area contributed by atoms with Crippen LogP contribution in [0, 0.1) is 5.92 Å². The number of carbonyl (C=O) groups is 4. The molecular formula is C32H44N8O5. The molecule has 45 heavy (non-hydrogen) atoms. The van der Waals surface area contributed by atoms with Gasteiger partial charge < -0.3 is 43.2 Å². The van der Waals surface area contributed by atoms with Gasteiger partial charge in [-0.15, -0.1) is 0 Å². The number of hydrogen-bond donors (Lipinski definition) is 8. The van der Waals surface area contributed by atoms with Gasteiger partial charge in [-0.1, -0.05) is 62.4 Å². The van der Waals surface area contributed by atoms with Gasteiger partial charge in [0.2, 0.25) is 17.7 Å². The fraction of sp³-hybridized carbons (Fsp3) is 0.406. The molecule has 0 fully saturated rings. The molecule has 4 unspecified atom stereocenters. The highest BCUT2D eigenvalue weighted by molar-refractivity contribution is 5.95. The van der Waals surface area contributed by atoms with Crippen LogP contribution in [-0.4, -0.2) is 70.5 Å². The van der Waals surface area contributed by atoms with Crippen LogP contribution in [0.3, 0.4) is 0 Å². The lowest BCUT2D eigenvalue weighted by atomic mass is 10.0. The average molecular weight is 621 g/mol. The molecule has 3 aromatic rings. The average Bonchev–Trinajstić information content (AvgIpc) is 3.40. The summed E-state index contributed by atoms with van der Waals surface area (Å²) >= 11 is 0. The number of benzene rings is 2. The third-order valence-corrected chi connectivity index (χ3v) is 7.27. The molecule has 0 aliphatic carbocycles. The topological polar surface area (TPSA) is 231 Å². The first-order chi connectivity index (χ1) is 21.4. The summed E-state index contributed by atoms with van der Waals surface area (Å²) in [4.78, 5) is 59.6. The van der Waals surface area contributed by atoms with Gasteiger partial charge >= 0.3 is 5.97 Å². The van der Waals surface area contributed by atoms with E-state index in [1.807, 2.05) is 44.2 Å². The number of amides is 3. The highest BCUT2D eigenvalue weighted by Crippen LogP contribution is 2.19. The van der Waals surface area contributed by atoms with Gasteiger partial charge in [0.05, 0.1) is 6.04 Å². The number of carbonyl (C=O) groups excluding carboxylic acids is 3. The van der Waals surface area contributed by atoms with E-state index in [9.17, 15) is 24.3 Å². The predicted octanol–water partition coefficient (Wildman–Crippen LogP) is 0.919. The Balaban J connectivity index is 1.86. The van der Waals surface area contributed by atoms with E-state index in [1.54, 1.807) is 30.5 Å². The second-order valence-corrected chi connectivity index (χ2v) is 11.5. The van der Waals surface area contributed by atoms with Crippen LogP contribution in [0.4, 0.5) is 0 Å².